The molecule has 0 saturated carbocycles. The molecule has 0 aliphatic carbocycles. The molecule has 1 N–H and O–H groups in total. The van der Waals surface area contributed by atoms with Gasteiger partial charge >= 0.3 is 0 Å². The smallest absolute Gasteiger partial charge is 0.282 e. The van der Waals surface area contributed by atoms with Gasteiger partial charge in [0.1, 0.15) is 17.1 Å². The fourth-order valence-electron chi connectivity index (χ4n) is 1.53. The quantitative estimate of drug-likeness (QED) is 0.678. The minimum Gasteiger partial charge on any atom is -0.467 e. The molecule has 6 nitrogen and oxygen atoms in total. The van der Waals surface area contributed by atoms with Crippen molar-refractivity contribution in [3.8, 4) is 0 Å². The van der Waals surface area contributed by atoms with E-state index in [-0.39, 0.29) is 12.1 Å². The van der Waals surface area contributed by atoms with E-state index in [9.17, 15) is 19.3 Å². The molecule has 7 heteroatoms. The monoisotopic (exact) mass is 264 g/mol. The normalized spacial score (nSPS) is 10.2. The van der Waals surface area contributed by atoms with E-state index in [4.69, 9.17) is 4.42 Å². The summed E-state index contributed by atoms with van der Waals surface area (Å²) in [7, 11) is 0. The Labute approximate surface area is 107 Å². The molecule has 0 bridgehead atoms. The third kappa shape index (κ3) is 2.95. The number of carbonyl (C=O) groups excluding carboxylic acids is 1. The average Bonchev–Trinajstić information content (AvgIpc) is 2.88. The molecule has 2 rings (SSSR count). The zero-order valence-corrected chi connectivity index (χ0v) is 9.63. The highest BCUT2D eigenvalue weighted by molar-refractivity contribution is 5.98. The van der Waals surface area contributed by atoms with Gasteiger partial charge in [-0.25, -0.2) is 4.39 Å². The van der Waals surface area contributed by atoms with Gasteiger partial charge in [-0.3, -0.25) is 14.9 Å². The molecular weight excluding hydrogens is 255 g/mol. The Balaban J connectivity index is 2.18. The van der Waals surface area contributed by atoms with Crippen LogP contribution in [0.5, 0.6) is 0 Å². The minimum atomic E-state index is -0.735. The lowest BCUT2D eigenvalue weighted by Gasteiger charge is -2.04. The molecule has 2 aromatic rings. The molecule has 0 radical (unpaired) electrons. The molecule has 0 atom stereocenters. The maximum absolute atomic E-state index is 13.1. The van der Waals surface area contributed by atoms with Crippen molar-refractivity contribution < 1.29 is 18.5 Å². The Kier molecular flexibility index (Phi) is 3.56. The zero-order valence-electron chi connectivity index (χ0n) is 9.63. The van der Waals surface area contributed by atoms with Gasteiger partial charge in [-0.05, 0) is 24.3 Å². The van der Waals surface area contributed by atoms with Gasteiger partial charge in [-0.15, -0.1) is 0 Å². The van der Waals surface area contributed by atoms with Crippen LogP contribution in [0.3, 0.4) is 0 Å². The highest BCUT2D eigenvalue weighted by Crippen LogP contribution is 2.19. The number of hydrogen-bond acceptors (Lipinski definition) is 4. The number of nitrogens with one attached hydrogen (secondary N) is 1. The molecule has 0 unspecified atom stereocenters. The molecule has 1 heterocycles. The molecule has 0 aliphatic rings. The van der Waals surface area contributed by atoms with Gasteiger partial charge in [0, 0.05) is 6.07 Å². The number of rotatable bonds is 4. The van der Waals surface area contributed by atoms with Crippen molar-refractivity contribution in [1.82, 2.24) is 5.32 Å². The molecule has 0 aliphatic heterocycles. The summed E-state index contributed by atoms with van der Waals surface area (Å²) in [6, 6.07) is 6.00. The van der Waals surface area contributed by atoms with Crippen LogP contribution in [-0.2, 0) is 6.54 Å². The molecular formula is C12H9FN2O4. The van der Waals surface area contributed by atoms with E-state index in [1.54, 1.807) is 12.1 Å². The first-order valence-corrected chi connectivity index (χ1v) is 5.32. The van der Waals surface area contributed by atoms with Gasteiger partial charge < -0.3 is 9.73 Å². The number of nitro groups is 1. The van der Waals surface area contributed by atoms with E-state index in [1.807, 2.05) is 0 Å². The summed E-state index contributed by atoms with van der Waals surface area (Å²) in [5.41, 5.74) is -0.769. The van der Waals surface area contributed by atoms with E-state index < -0.39 is 22.3 Å². The summed E-state index contributed by atoms with van der Waals surface area (Å²) >= 11 is 0. The summed E-state index contributed by atoms with van der Waals surface area (Å²) in [5, 5.41) is 13.2. The fourth-order valence-corrected chi connectivity index (χ4v) is 1.53. The average molecular weight is 264 g/mol. The van der Waals surface area contributed by atoms with E-state index in [2.05, 4.69) is 5.32 Å². The predicted molar refractivity (Wildman–Crippen MR) is 62.9 cm³/mol. The van der Waals surface area contributed by atoms with Crippen molar-refractivity contribution in [3.05, 3.63) is 63.9 Å². The van der Waals surface area contributed by atoms with Crippen molar-refractivity contribution >= 4 is 11.6 Å². The third-order valence-electron chi connectivity index (χ3n) is 2.40. The topological polar surface area (TPSA) is 85.4 Å². The largest absolute Gasteiger partial charge is 0.467 e. The van der Waals surface area contributed by atoms with Crippen LogP contribution in [0.1, 0.15) is 16.1 Å². The van der Waals surface area contributed by atoms with Crippen LogP contribution in [0.4, 0.5) is 10.1 Å². The molecule has 1 amide bonds. The molecule has 0 spiro atoms. The van der Waals surface area contributed by atoms with Crippen LogP contribution < -0.4 is 5.32 Å². The lowest BCUT2D eigenvalue weighted by Crippen LogP contribution is -2.23. The Hall–Kier alpha value is -2.70. The molecule has 19 heavy (non-hydrogen) atoms. The molecule has 1 aromatic heterocycles. The Morgan fingerprint density at radius 3 is 2.84 bits per heavy atom. The molecule has 0 fully saturated rings. The molecule has 1 aromatic carbocycles. The van der Waals surface area contributed by atoms with Crippen molar-refractivity contribution in [2.75, 3.05) is 0 Å². The summed E-state index contributed by atoms with van der Waals surface area (Å²) < 4.78 is 18.1. The Morgan fingerprint density at radius 2 is 2.21 bits per heavy atom. The van der Waals surface area contributed by atoms with E-state index in [0.29, 0.717) is 5.76 Å². The van der Waals surface area contributed by atoms with Gasteiger partial charge in [0.2, 0.25) is 0 Å². The third-order valence-corrected chi connectivity index (χ3v) is 2.40. The predicted octanol–water partition coefficient (Wildman–Crippen LogP) is 2.26. The highest BCUT2D eigenvalue weighted by Gasteiger charge is 2.20. The zero-order chi connectivity index (χ0) is 13.8. The lowest BCUT2D eigenvalue weighted by molar-refractivity contribution is -0.385. The first-order chi connectivity index (χ1) is 9.08. The SMILES string of the molecule is O=C(NCc1ccco1)c1cc(F)ccc1[N+](=O)[O-]. The van der Waals surface area contributed by atoms with Crippen LogP contribution in [0.25, 0.3) is 0 Å². The number of furan rings is 1. The Bertz CT molecular complexity index is 610. The number of amides is 1. The number of benzene rings is 1. The van der Waals surface area contributed by atoms with Crippen molar-refractivity contribution in [2.24, 2.45) is 0 Å². The van der Waals surface area contributed by atoms with Crippen LogP contribution in [0.15, 0.2) is 41.0 Å². The summed E-state index contributed by atoms with van der Waals surface area (Å²) in [5.74, 6) is -0.955. The summed E-state index contributed by atoms with van der Waals surface area (Å²) in [6.07, 6.45) is 1.44. The standard InChI is InChI=1S/C12H9FN2O4/c13-8-3-4-11(15(17)18)10(6-8)12(16)14-7-9-2-1-5-19-9/h1-6H,7H2,(H,14,16). The maximum Gasteiger partial charge on any atom is 0.282 e. The summed E-state index contributed by atoms with van der Waals surface area (Å²) in [4.78, 5) is 21.8. The molecule has 0 saturated heterocycles. The van der Waals surface area contributed by atoms with Gasteiger partial charge in [0.25, 0.3) is 11.6 Å². The minimum absolute atomic E-state index is 0.0689. The fraction of sp³-hybridized carbons (Fsp3) is 0.0833. The number of hydrogen-bond donors (Lipinski definition) is 1. The number of nitrogens with zero attached hydrogens (tertiary/aromatic N) is 1. The van der Waals surface area contributed by atoms with E-state index >= 15 is 0 Å². The highest BCUT2D eigenvalue weighted by atomic mass is 19.1. The van der Waals surface area contributed by atoms with Gasteiger partial charge in [0.05, 0.1) is 17.7 Å². The van der Waals surface area contributed by atoms with Gasteiger partial charge in [-0.1, -0.05) is 0 Å². The van der Waals surface area contributed by atoms with Crippen LogP contribution in [0, 0.1) is 15.9 Å². The second-order valence-corrected chi connectivity index (χ2v) is 3.68. The number of halogens is 1. The second-order valence-electron chi connectivity index (χ2n) is 3.68. The molecule has 98 valence electrons. The van der Waals surface area contributed by atoms with Crippen LogP contribution >= 0.6 is 0 Å². The number of carbonyl (C=O) groups is 1. The van der Waals surface area contributed by atoms with E-state index in [1.165, 1.54) is 6.26 Å². The van der Waals surface area contributed by atoms with Gasteiger partial charge in [-0.2, -0.15) is 0 Å². The summed E-state index contributed by atoms with van der Waals surface area (Å²) in [6.45, 7) is 0.0689. The Morgan fingerprint density at radius 1 is 1.42 bits per heavy atom. The number of nitro benzene ring substituents is 1. The van der Waals surface area contributed by atoms with Crippen LogP contribution in [-0.4, -0.2) is 10.8 Å². The van der Waals surface area contributed by atoms with E-state index in [0.717, 1.165) is 18.2 Å². The maximum atomic E-state index is 13.1. The van der Waals surface area contributed by atoms with Crippen molar-refractivity contribution in [2.45, 2.75) is 6.54 Å². The van der Waals surface area contributed by atoms with Crippen molar-refractivity contribution in [1.29, 1.82) is 0 Å². The first kappa shape index (κ1) is 12.7. The lowest BCUT2D eigenvalue weighted by atomic mass is 10.1. The van der Waals surface area contributed by atoms with Crippen molar-refractivity contribution in [3.63, 3.8) is 0 Å². The second kappa shape index (κ2) is 5.30. The van der Waals surface area contributed by atoms with Gasteiger partial charge in [0.15, 0.2) is 0 Å². The first-order valence-electron chi connectivity index (χ1n) is 5.32. The van der Waals surface area contributed by atoms with Crippen LogP contribution in [0.2, 0.25) is 0 Å².